The summed E-state index contributed by atoms with van der Waals surface area (Å²) < 4.78 is 12.8. The molecular weight excluding hydrogens is 163 g/mol. The van der Waals surface area contributed by atoms with Crippen molar-refractivity contribution < 1.29 is 4.39 Å². The van der Waals surface area contributed by atoms with Crippen LogP contribution in [0.25, 0.3) is 0 Å². The van der Waals surface area contributed by atoms with Crippen LogP contribution in [-0.2, 0) is 0 Å². The van der Waals surface area contributed by atoms with Crippen LogP contribution in [0.2, 0.25) is 0 Å². The number of hydrogen-bond donors (Lipinski definition) is 0. The van der Waals surface area contributed by atoms with E-state index in [1.54, 1.807) is 6.08 Å². The minimum Gasteiger partial charge on any atom is -0.212 e. The first-order valence-corrected chi connectivity index (χ1v) is 5.18. The molecule has 0 saturated heterocycles. The van der Waals surface area contributed by atoms with Gasteiger partial charge in [-0.2, -0.15) is 0 Å². The summed E-state index contributed by atoms with van der Waals surface area (Å²) in [6.45, 7) is 6.17. The van der Waals surface area contributed by atoms with Crippen LogP contribution in [0.5, 0.6) is 0 Å². The van der Waals surface area contributed by atoms with E-state index >= 15 is 0 Å². The summed E-state index contributed by atoms with van der Waals surface area (Å²) in [7, 11) is 0. The van der Waals surface area contributed by atoms with Gasteiger partial charge in [-0.05, 0) is 44.1 Å². The molecule has 0 bridgehead atoms. The Morgan fingerprint density at radius 1 is 1.46 bits per heavy atom. The Labute approximate surface area is 80.5 Å². The second-order valence-corrected chi connectivity index (χ2v) is 4.00. The van der Waals surface area contributed by atoms with Crippen LogP contribution < -0.4 is 0 Å². The molecule has 1 rings (SSSR count). The molecule has 0 aromatic heterocycles. The van der Waals surface area contributed by atoms with Gasteiger partial charge in [0.25, 0.3) is 0 Å². The van der Waals surface area contributed by atoms with Gasteiger partial charge in [0, 0.05) is 0 Å². The lowest BCUT2D eigenvalue weighted by Gasteiger charge is -2.09. The first kappa shape index (κ1) is 10.5. The van der Waals surface area contributed by atoms with Crippen molar-refractivity contribution in [3.05, 3.63) is 23.6 Å². The normalized spacial score (nSPS) is 21.8. The molecule has 0 N–H and O–H groups in total. The average Bonchev–Trinajstić information content (AvgIpc) is 2.95. The Kier molecular flexibility index (Phi) is 3.71. The molecule has 74 valence electrons. The maximum atomic E-state index is 12.8. The Morgan fingerprint density at radius 3 is 2.54 bits per heavy atom. The number of rotatable bonds is 4. The van der Waals surface area contributed by atoms with Gasteiger partial charge in [-0.3, -0.25) is 0 Å². The molecule has 1 saturated carbocycles. The van der Waals surface area contributed by atoms with Gasteiger partial charge in [0.15, 0.2) is 0 Å². The van der Waals surface area contributed by atoms with E-state index in [9.17, 15) is 4.39 Å². The highest BCUT2D eigenvalue weighted by molar-refractivity contribution is 5.16. The van der Waals surface area contributed by atoms with Gasteiger partial charge in [-0.1, -0.05) is 25.5 Å². The van der Waals surface area contributed by atoms with E-state index in [1.807, 2.05) is 13.0 Å². The zero-order valence-electron chi connectivity index (χ0n) is 8.81. The van der Waals surface area contributed by atoms with Gasteiger partial charge in [0.1, 0.15) is 0 Å². The van der Waals surface area contributed by atoms with Crippen molar-refractivity contribution in [2.45, 2.75) is 40.0 Å². The zero-order valence-corrected chi connectivity index (χ0v) is 8.81. The van der Waals surface area contributed by atoms with Crippen LogP contribution in [0.3, 0.4) is 0 Å². The van der Waals surface area contributed by atoms with Crippen molar-refractivity contribution in [1.29, 1.82) is 0 Å². The molecule has 0 aliphatic heterocycles. The summed E-state index contributed by atoms with van der Waals surface area (Å²) in [4.78, 5) is 0. The molecule has 0 spiro atoms. The smallest absolute Gasteiger partial charge is 0.0996 e. The van der Waals surface area contributed by atoms with Crippen molar-refractivity contribution in [2.24, 2.45) is 11.8 Å². The fraction of sp³-hybridized carbons (Fsp3) is 0.667. The second kappa shape index (κ2) is 4.59. The highest BCUT2D eigenvalue weighted by Gasteiger charge is 2.28. The molecule has 1 aliphatic carbocycles. The first-order valence-electron chi connectivity index (χ1n) is 5.18. The largest absolute Gasteiger partial charge is 0.212 e. The van der Waals surface area contributed by atoms with Crippen LogP contribution >= 0.6 is 0 Å². The molecule has 1 heteroatoms. The summed E-state index contributed by atoms with van der Waals surface area (Å²) in [6.07, 6.45) is 6.75. The molecule has 0 aromatic carbocycles. The second-order valence-electron chi connectivity index (χ2n) is 4.00. The van der Waals surface area contributed by atoms with Crippen LogP contribution in [0.15, 0.2) is 23.6 Å². The summed E-state index contributed by atoms with van der Waals surface area (Å²) >= 11 is 0. The van der Waals surface area contributed by atoms with E-state index in [4.69, 9.17) is 0 Å². The number of allylic oxidation sites excluding steroid dienone is 4. The lowest BCUT2D eigenvalue weighted by molar-refractivity contribution is 0.588. The third-order valence-electron chi connectivity index (χ3n) is 2.91. The molecular formula is C12H19F. The molecule has 0 aromatic rings. The summed E-state index contributed by atoms with van der Waals surface area (Å²) in [5, 5.41) is 0. The molecule has 1 atom stereocenters. The number of halogens is 1. The van der Waals surface area contributed by atoms with E-state index in [2.05, 4.69) is 13.8 Å². The third kappa shape index (κ3) is 3.33. The van der Waals surface area contributed by atoms with Crippen molar-refractivity contribution in [2.75, 3.05) is 0 Å². The monoisotopic (exact) mass is 182 g/mol. The van der Waals surface area contributed by atoms with Crippen LogP contribution in [0.1, 0.15) is 40.0 Å². The van der Waals surface area contributed by atoms with Gasteiger partial charge in [0.05, 0.1) is 5.83 Å². The molecule has 1 unspecified atom stereocenters. The summed E-state index contributed by atoms with van der Waals surface area (Å²) in [5.41, 5.74) is 1.31. The predicted octanol–water partition coefficient (Wildman–Crippen LogP) is 4.24. The molecule has 1 aliphatic rings. The fourth-order valence-electron chi connectivity index (χ4n) is 1.46. The zero-order chi connectivity index (χ0) is 9.84. The summed E-state index contributed by atoms with van der Waals surface area (Å²) in [6, 6.07) is 0. The van der Waals surface area contributed by atoms with Crippen molar-refractivity contribution in [1.82, 2.24) is 0 Å². The summed E-state index contributed by atoms with van der Waals surface area (Å²) in [5.74, 6) is 1.48. The minimum atomic E-state index is -0.0256. The highest BCUT2D eigenvalue weighted by Crippen LogP contribution is 2.39. The average molecular weight is 182 g/mol. The minimum absolute atomic E-state index is 0.0256. The Bertz CT molecular complexity index is 221. The molecule has 13 heavy (non-hydrogen) atoms. The van der Waals surface area contributed by atoms with Crippen molar-refractivity contribution in [3.63, 3.8) is 0 Å². The van der Waals surface area contributed by atoms with Crippen molar-refractivity contribution >= 4 is 0 Å². The van der Waals surface area contributed by atoms with E-state index < -0.39 is 0 Å². The van der Waals surface area contributed by atoms with Gasteiger partial charge in [0.2, 0.25) is 0 Å². The van der Waals surface area contributed by atoms with Gasteiger partial charge in [-0.25, -0.2) is 4.39 Å². The fourth-order valence-corrected chi connectivity index (χ4v) is 1.46. The predicted molar refractivity (Wildman–Crippen MR) is 55.1 cm³/mol. The highest BCUT2D eigenvalue weighted by atomic mass is 19.1. The molecule has 1 fully saturated rings. The van der Waals surface area contributed by atoms with E-state index in [-0.39, 0.29) is 5.83 Å². The van der Waals surface area contributed by atoms with Gasteiger partial charge in [-0.15, -0.1) is 0 Å². The van der Waals surface area contributed by atoms with Crippen LogP contribution in [-0.4, -0.2) is 0 Å². The van der Waals surface area contributed by atoms with E-state index in [0.29, 0.717) is 12.3 Å². The molecule has 0 heterocycles. The molecule has 0 nitrogen and oxygen atoms in total. The maximum absolute atomic E-state index is 12.8. The molecule has 0 radical (unpaired) electrons. The standard InChI is InChI=1S/C12H19F/c1-4-12(13)8-5-9(2)10(3)11-6-7-11/h5,8,10-11H,4,6-7H2,1-3H3/b9-5+,12-8+. The first-order chi connectivity index (χ1) is 6.15. The Hall–Kier alpha value is -0.590. The van der Waals surface area contributed by atoms with Gasteiger partial charge < -0.3 is 0 Å². The Balaban J connectivity index is 2.49. The van der Waals surface area contributed by atoms with Crippen LogP contribution in [0.4, 0.5) is 4.39 Å². The lowest BCUT2D eigenvalue weighted by Crippen LogP contribution is -1.97. The lowest BCUT2D eigenvalue weighted by atomic mass is 9.97. The van der Waals surface area contributed by atoms with E-state index in [1.165, 1.54) is 18.4 Å². The van der Waals surface area contributed by atoms with Gasteiger partial charge >= 0.3 is 0 Å². The van der Waals surface area contributed by atoms with Crippen molar-refractivity contribution in [3.8, 4) is 0 Å². The number of hydrogen-bond acceptors (Lipinski definition) is 0. The van der Waals surface area contributed by atoms with E-state index in [0.717, 1.165) is 5.92 Å². The Morgan fingerprint density at radius 2 is 2.08 bits per heavy atom. The SMILES string of the molecule is CC/C(F)=C\C=C(/C)C(C)C1CC1. The topological polar surface area (TPSA) is 0 Å². The quantitative estimate of drug-likeness (QED) is 0.570. The third-order valence-corrected chi connectivity index (χ3v) is 2.91. The van der Waals surface area contributed by atoms with Crippen LogP contribution in [0, 0.1) is 11.8 Å². The molecule has 0 amide bonds. The maximum Gasteiger partial charge on any atom is 0.0996 e.